The maximum absolute atomic E-state index is 12.6. The van der Waals surface area contributed by atoms with Crippen molar-refractivity contribution in [3.8, 4) is 5.75 Å². The summed E-state index contributed by atoms with van der Waals surface area (Å²) in [5.74, 6) is -0.0598. The minimum atomic E-state index is -2.87. The van der Waals surface area contributed by atoms with Gasteiger partial charge in [-0.15, -0.1) is 0 Å². The topological polar surface area (TPSA) is 58.6 Å². The van der Waals surface area contributed by atoms with E-state index in [0.29, 0.717) is 17.8 Å². The van der Waals surface area contributed by atoms with E-state index < -0.39 is 6.61 Å². The molecule has 0 spiro atoms. The number of carbonyl (C=O) groups is 2. The maximum Gasteiger partial charge on any atom is 0.387 e. The molecular weight excluding hydrogens is 354 g/mol. The van der Waals surface area contributed by atoms with Crippen molar-refractivity contribution in [3.63, 3.8) is 0 Å². The van der Waals surface area contributed by atoms with Gasteiger partial charge in [0, 0.05) is 30.8 Å². The number of nitrogens with one attached hydrogen (secondary N) is 1. The summed E-state index contributed by atoms with van der Waals surface area (Å²) in [6, 6.07) is 13.0. The SMILES string of the molecule is CN(Cc1ccc(OC(F)F)cc1)C(=O)c1cccc(NC(=O)C2CC2)c1. The molecule has 27 heavy (non-hydrogen) atoms. The highest BCUT2D eigenvalue weighted by molar-refractivity contribution is 5.98. The molecule has 0 aromatic heterocycles. The molecule has 2 aromatic carbocycles. The lowest BCUT2D eigenvalue weighted by Gasteiger charge is -2.18. The Morgan fingerprint density at radius 1 is 1.19 bits per heavy atom. The molecule has 1 aliphatic carbocycles. The molecule has 1 fully saturated rings. The molecule has 0 bridgehead atoms. The fourth-order valence-corrected chi connectivity index (χ4v) is 2.66. The van der Waals surface area contributed by atoms with Crippen molar-refractivity contribution in [1.29, 1.82) is 0 Å². The van der Waals surface area contributed by atoms with Crippen molar-refractivity contribution >= 4 is 17.5 Å². The van der Waals surface area contributed by atoms with Gasteiger partial charge in [0.05, 0.1) is 0 Å². The number of rotatable bonds is 7. The zero-order valence-corrected chi connectivity index (χ0v) is 14.8. The molecule has 0 aliphatic heterocycles. The highest BCUT2D eigenvalue weighted by Crippen LogP contribution is 2.30. The molecule has 1 aliphatic rings. The van der Waals surface area contributed by atoms with Crippen LogP contribution in [0.25, 0.3) is 0 Å². The van der Waals surface area contributed by atoms with Crippen molar-refractivity contribution in [3.05, 3.63) is 59.7 Å². The van der Waals surface area contributed by atoms with Gasteiger partial charge in [0.25, 0.3) is 5.91 Å². The molecular formula is C20H20F2N2O3. The van der Waals surface area contributed by atoms with E-state index in [-0.39, 0.29) is 23.5 Å². The van der Waals surface area contributed by atoms with E-state index in [9.17, 15) is 18.4 Å². The molecule has 7 heteroatoms. The Balaban J connectivity index is 1.61. The first-order valence-electron chi connectivity index (χ1n) is 8.62. The zero-order valence-electron chi connectivity index (χ0n) is 14.8. The fraction of sp³-hybridized carbons (Fsp3) is 0.300. The Labute approximate surface area is 155 Å². The molecule has 3 rings (SSSR count). The molecule has 0 atom stereocenters. The summed E-state index contributed by atoms with van der Waals surface area (Å²) in [5, 5.41) is 2.82. The van der Waals surface area contributed by atoms with Crippen LogP contribution < -0.4 is 10.1 Å². The monoisotopic (exact) mass is 374 g/mol. The van der Waals surface area contributed by atoms with Gasteiger partial charge in [-0.3, -0.25) is 9.59 Å². The molecule has 0 unspecified atom stereocenters. The number of nitrogens with zero attached hydrogens (tertiary/aromatic N) is 1. The van der Waals surface area contributed by atoms with Crippen molar-refractivity contribution in [2.45, 2.75) is 26.0 Å². The zero-order chi connectivity index (χ0) is 19.4. The van der Waals surface area contributed by atoms with Gasteiger partial charge in [0.1, 0.15) is 5.75 Å². The number of halogens is 2. The Morgan fingerprint density at radius 2 is 1.89 bits per heavy atom. The van der Waals surface area contributed by atoms with Gasteiger partial charge in [-0.2, -0.15) is 8.78 Å². The van der Waals surface area contributed by atoms with Gasteiger partial charge in [0.2, 0.25) is 5.91 Å². The first-order valence-corrected chi connectivity index (χ1v) is 8.62. The number of carbonyl (C=O) groups excluding carboxylic acids is 2. The lowest BCUT2D eigenvalue weighted by Crippen LogP contribution is -2.26. The standard InChI is InChI=1S/C20H20F2N2O3/c1-24(12-13-5-9-17(10-6-13)27-20(21)22)19(26)15-3-2-4-16(11-15)23-18(25)14-7-8-14/h2-6,9-11,14,20H,7-8,12H2,1H3,(H,23,25). The summed E-state index contributed by atoms with van der Waals surface area (Å²) >= 11 is 0. The fourth-order valence-electron chi connectivity index (χ4n) is 2.66. The smallest absolute Gasteiger partial charge is 0.387 e. The van der Waals surface area contributed by atoms with E-state index >= 15 is 0 Å². The quantitative estimate of drug-likeness (QED) is 0.799. The van der Waals surface area contributed by atoms with Crippen LogP contribution >= 0.6 is 0 Å². The van der Waals surface area contributed by atoms with Crippen LogP contribution in [0.2, 0.25) is 0 Å². The van der Waals surface area contributed by atoms with Gasteiger partial charge >= 0.3 is 6.61 Å². The van der Waals surface area contributed by atoms with Crippen molar-refractivity contribution in [2.24, 2.45) is 5.92 Å². The largest absolute Gasteiger partial charge is 0.435 e. The van der Waals surface area contributed by atoms with Crippen LogP contribution in [0.5, 0.6) is 5.75 Å². The second-order valence-electron chi connectivity index (χ2n) is 6.53. The predicted molar refractivity (Wildman–Crippen MR) is 96.7 cm³/mol. The van der Waals surface area contributed by atoms with E-state index in [4.69, 9.17) is 0 Å². The summed E-state index contributed by atoms with van der Waals surface area (Å²) in [6.07, 6.45) is 1.82. The second kappa shape index (κ2) is 8.16. The first-order chi connectivity index (χ1) is 12.9. The first kappa shape index (κ1) is 18.8. The second-order valence-corrected chi connectivity index (χ2v) is 6.53. The molecule has 142 valence electrons. The number of alkyl halides is 2. The Hall–Kier alpha value is -2.96. The predicted octanol–water partition coefficient (Wildman–Crippen LogP) is 3.91. The Kier molecular flexibility index (Phi) is 5.69. The minimum absolute atomic E-state index is 0.0148. The van der Waals surface area contributed by atoms with Crippen molar-refractivity contribution in [1.82, 2.24) is 4.90 Å². The lowest BCUT2D eigenvalue weighted by molar-refractivity contribution is -0.117. The third-order valence-electron chi connectivity index (χ3n) is 4.24. The van der Waals surface area contributed by atoms with Gasteiger partial charge in [-0.25, -0.2) is 0 Å². The van der Waals surface area contributed by atoms with Crippen molar-refractivity contribution in [2.75, 3.05) is 12.4 Å². The number of hydrogen-bond donors (Lipinski definition) is 1. The van der Waals surface area contributed by atoms with E-state index in [1.54, 1.807) is 43.4 Å². The molecule has 1 N–H and O–H groups in total. The molecule has 0 saturated heterocycles. The van der Waals surface area contributed by atoms with Gasteiger partial charge < -0.3 is 15.0 Å². The average Bonchev–Trinajstić information content (AvgIpc) is 3.48. The van der Waals surface area contributed by atoms with Crippen molar-refractivity contribution < 1.29 is 23.1 Å². The molecule has 0 heterocycles. The normalized spacial score (nSPS) is 13.3. The van der Waals surface area contributed by atoms with Crippen LogP contribution in [-0.4, -0.2) is 30.4 Å². The van der Waals surface area contributed by atoms with Crippen LogP contribution in [-0.2, 0) is 11.3 Å². The number of amides is 2. The minimum Gasteiger partial charge on any atom is -0.435 e. The molecule has 1 saturated carbocycles. The number of ether oxygens (including phenoxy) is 1. The number of anilines is 1. The van der Waals surface area contributed by atoms with E-state index in [0.717, 1.165) is 18.4 Å². The summed E-state index contributed by atoms with van der Waals surface area (Å²) < 4.78 is 28.7. The molecule has 2 amide bonds. The molecule has 5 nitrogen and oxygen atoms in total. The Morgan fingerprint density at radius 3 is 2.52 bits per heavy atom. The van der Waals surface area contributed by atoms with Crippen LogP contribution in [0.4, 0.5) is 14.5 Å². The van der Waals surface area contributed by atoms with E-state index in [1.807, 2.05) is 0 Å². The summed E-state index contributed by atoms with van der Waals surface area (Å²) in [6.45, 7) is -2.56. The van der Waals surface area contributed by atoms with Gasteiger partial charge in [0.15, 0.2) is 0 Å². The third-order valence-corrected chi connectivity index (χ3v) is 4.24. The third kappa shape index (κ3) is 5.26. The summed E-state index contributed by atoms with van der Waals surface area (Å²) in [4.78, 5) is 26.0. The van der Waals surface area contributed by atoms with Crippen LogP contribution in [0.3, 0.4) is 0 Å². The maximum atomic E-state index is 12.6. The van der Waals surface area contributed by atoms with Crippen LogP contribution in [0, 0.1) is 5.92 Å². The van der Waals surface area contributed by atoms with Crippen LogP contribution in [0.1, 0.15) is 28.8 Å². The van der Waals surface area contributed by atoms with E-state index in [1.165, 1.54) is 17.0 Å². The van der Waals surface area contributed by atoms with E-state index in [2.05, 4.69) is 10.1 Å². The highest BCUT2D eigenvalue weighted by atomic mass is 19.3. The molecule has 2 aromatic rings. The highest BCUT2D eigenvalue weighted by Gasteiger charge is 2.29. The summed E-state index contributed by atoms with van der Waals surface area (Å²) in [7, 11) is 1.65. The molecule has 0 radical (unpaired) electrons. The number of benzene rings is 2. The lowest BCUT2D eigenvalue weighted by atomic mass is 10.1. The Bertz CT molecular complexity index is 820. The summed E-state index contributed by atoms with van der Waals surface area (Å²) in [5.41, 5.74) is 1.84. The number of hydrogen-bond acceptors (Lipinski definition) is 3. The average molecular weight is 374 g/mol. The van der Waals surface area contributed by atoms with Crippen LogP contribution in [0.15, 0.2) is 48.5 Å². The van der Waals surface area contributed by atoms with Gasteiger partial charge in [-0.1, -0.05) is 18.2 Å². The van der Waals surface area contributed by atoms with Gasteiger partial charge in [-0.05, 0) is 48.7 Å².